The molecule has 0 aliphatic heterocycles. The highest BCUT2D eigenvalue weighted by atomic mass is 35.5. The number of ether oxygens (including phenoxy) is 2. The lowest BCUT2D eigenvalue weighted by atomic mass is 9.86. The minimum Gasteiger partial charge on any atom is -0.493 e. The van der Waals surface area contributed by atoms with E-state index in [-0.39, 0.29) is 6.10 Å². The standard InChI is InChI=1S/C16H21ClO3/c1-3-11-4-6-14(7-5-11)20-16-12(10-18)8-13(17)9-15(16)19-2/h8-11,14H,3-7H2,1-2H3. The van der Waals surface area contributed by atoms with Gasteiger partial charge >= 0.3 is 0 Å². The molecule has 1 saturated carbocycles. The number of carbonyl (C=O) groups is 1. The zero-order valence-electron chi connectivity index (χ0n) is 12.0. The van der Waals surface area contributed by atoms with Crippen LogP contribution in [0, 0.1) is 5.92 Å². The third-order valence-electron chi connectivity index (χ3n) is 4.05. The minimum atomic E-state index is 0.159. The molecule has 2 rings (SSSR count). The third kappa shape index (κ3) is 3.45. The van der Waals surface area contributed by atoms with E-state index in [1.165, 1.54) is 19.3 Å². The quantitative estimate of drug-likeness (QED) is 0.750. The Bertz CT molecular complexity index is 465. The normalized spacial score (nSPS) is 22.4. The molecule has 0 aromatic heterocycles. The molecule has 0 saturated heterocycles. The van der Waals surface area contributed by atoms with Crippen molar-refractivity contribution >= 4 is 17.9 Å². The molecule has 110 valence electrons. The molecular weight excluding hydrogens is 276 g/mol. The summed E-state index contributed by atoms with van der Waals surface area (Å²) in [6, 6.07) is 3.30. The Morgan fingerprint density at radius 3 is 2.55 bits per heavy atom. The minimum absolute atomic E-state index is 0.159. The summed E-state index contributed by atoms with van der Waals surface area (Å²) < 4.78 is 11.3. The zero-order valence-corrected chi connectivity index (χ0v) is 12.8. The van der Waals surface area contributed by atoms with Gasteiger partial charge in [0.1, 0.15) is 0 Å². The van der Waals surface area contributed by atoms with Gasteiger partial charge in [0.2, 0.25) is 0 Å². The molecular formula is C16H21ClO3. The van der Waals surface area contributed by atoms with Gasteiger partial charge in [0.15, 0.2) is 17.8 Å². The number of halogens is 1. The fraction of sp³-hybridized carbons (Fsp3) is 0.562. The summed E-state index contributed by atoms with van der Waals surface area (Å²) in [5.74, 6) is 1.86. The van der Waals surface area contributed by atoms with Crippen molar-refractivity contribution in [3.8, 4) is 11.5 Å². The molecule has 1 fully saturated rings. The number of hydrogen-bond acceptors (Lipinski definition) is 3. The molecule has 4 heteroatoms. The van der Waals surface area contributed by atoms with Gasteiger partial charge in [0, 0.05) is 11.1 Å². The van der Waals surface area contributed by atoms with Crippen LogP contribution in [0.4, 0.5) is 0 Å². The number of hydrogen-bond donors (Lipinski definition) is 0. The van der Waals surface area contributed by atoms with Gasteiger partial charge in [-0.05, 0) is 37.7 Å². The van der Waals surface area contributed by atoms with Crippen molar-refractivity contribution in [2.75, 3.05) is 7.11 Å². The monoisotopic (exact) mass is 296 g/mol. The van der Waals surface area contributed by atoms with E-state index in [2.05, 4.69) is 6.92 Å². The first-order valence-corrected chi connectivity index (χ1v) is 7.55. The second kappa shape index (κ2) is 6.98. The van der Waals surface area contributed by atoms with Crippen molar-refractivity contribution in [1.82, 2.24) is 0 Å². The fourth-order valence-corrected chi connectivity index (χ4v) is 3.00. The Morgan fingerprint density at radius 2 is 2.00 bits per heavy atom. The van der Waals surface area contributed by atoms with Gasteiger partial charge < -0.3 is 9.47 Å². The van der Waals surface area contributed by atoms with Crippen LogP contribution < -0.4 is 9.47 Å². The summed E-state index contributed by atoms with van der Waals surface area (Å²) in [6.07, 6.45) is 6.59. The first-order chi connectivity index (χ1) is 9.67. The van der Waals surface area contributed by atoms with Crippen LogP contribution in [-0.4, -0.2) is 19.5 Å². The van der Waals surface area contributed by atoms with Crippen molar-refractivity contribution in [2.45, 2.75) is 45.1 Å². The van der Waals surface area contributed by atoms with E-state index in [9.17, 15) is 4.79 Å². The molecule has 0 amide bonds. The molecule has 3 nitrogen and oxygen atoms in total. The maximum atomic E-state index is 11.2. The van der Waals surface area contributed by atoms with E-state index in [0.717, 1.165) is 25.0 Å². The van der Waals surface area contributed by atoms with E-state index in [4.69, 9.17) is 21.1 Å². The number of benzene rings is 1. The summed E-state index contributed by atoms with van der Waals surface area (Å²) in [6.45, 7) is 2.23. The average Bonchev–Trinajstić information content (AvgIpc) is 2.49. The van der Waals surface area contributed by atoms with Crippen LogP contribution >= 0.6 is 11.6 Å². The van der Waals surface area contributed by atoms with Gasteiger partial charge in [-0.2, -0.15) is 0 Å². The Balaban J connectivity index is 2.14. The van der Waals surface area contributed by atoms with Crippen LogP contribution in [0.1, 0.15) is 49.4 Å². The molecule has 0 N–H and O–H groups in total. The van der Waals surface area contributed by atoms with Gasteiger partial charge in [0.05, 0.1) is 18.8 Å². The average molecular weight is 297 g/mol. The van der Waals surface area contributed by atoms with Crippen LogP contribution in [0.2, 0.25) is 5.02 Å². The molecule has 0 atom stereocenters. The highest BCUT2D eigenvalue weighted by Gasteiger charge is 2.23. The summed E-state index contributed by atoms with van der Waals surface area (Å²) in [4.78, 5) is 11.2. The molecule has 1 aromatic carbocycles. The summed E-state index contributed by atoms with van der Waals surface area (Å²) >= 11 is 5.97. The van der Waals surface area contributed by atoms with Crippen molar-refractivity contribution < 1.29 is 14.3 Å². The summed E-state index contributed by atoms with van der Waals surface area (Å²) in [5.41, 5.74) is 0.451. The third-order valence-corrected chi connectivity index (χ3v) is 4.27. The highest BCUT2D eigenvalue weighted by molar-refractivity contribution is 6.31. The lowest BCUT2D eigenvalue weighted by molar-refractivity contribution is 0.109. The first kappa shape index (κ1) is 15.2. The predicted molar refractivity (Wildman–Crippen MR) is 80.1 cm³/mol. The van der Waals surface area contributed by atoms with Gasteiger partial charge in [-0.1, -0.05) is 24.9 Å². The second-order valence-electron chi connectivity index (χ2n) is 5.31. The predicted octanol–water partition coefficient (Wildman–Crippen LogP) is 4.51. The van der Waals surface area contributed by atoms with Crippen molar-refractivity contribution in [3.05, 3.63) is 22.7 Å². The lowest BCUT2D eigenvalue weighted by Gasteiger charge is -2.29. The van der Waals surface area contributed by atoms with Crippen LogP contribution in [0.3, 0.4) is 0 Å². The molecule has 0 radical (unpaired) electrons. The van der Waals surface area contributed by atoms with Crippen LogP contribution in [-0.2, 0) is 0 Å². The molecule has 0 spiro atoms. The smallest absolute Gasteiger partial charge is 0.172 e. The van der Waals surface area contributed by atoms with Crippen LogP contribution in [0.5, 0.6) is 11.5 Å². The number of carbonyl (C=O) groups excluding carboxylic acids is 1. The molecule has 0 heterocycles. The second-order valence-corrected chi connectivity index (χ2v) is 5.75. The summed E-state index contributed by atoms with van der Waals surface area (Å²) in [7, 11) is 1.56. The number of rotatable bonds is 5. The molecule has 0 unspecified atom stereocenters. The fourth-order valence-electron chi connectivity index (χ4n) is 2.78. The lowest BCUT2D eigenvalue weighted by Crippen LogP contribution is -2.24. The van der Waals surface area contributed by atoms with Gasteiger partial charge in [-0.15, -0.1) is 0 Å². The Kier molecular flexibility index (Phi) is 5.30. The number of methoxy groups -OCH3 is 1. The summed E-state index contributed by atoms with van der Waals surface area (Å²) in [5, 5.41) is 0.478. The number of aldehydes is 1. The SMILES string of the molecule is CCC1CCC(Oc2c(C=O)cc(Cl)cc2OC)CC1. The van der Waals surface area contributed by atoms with E-state index in [1.807, 2.05) is 0 Å². The van der Waals surface area contributed by atoms with E-state index in [0.29, 0.717) is 22.1 Å². The van der Waals surface area contributed by atoms with Gasteiger partial charge in [0.25, 0.3) is 0 Å². The van der Waals surface area contributed by atoms with E-state index < -0.39 is 0 Å². The van der Waals surface area contributed by atoms with Crippen molar-refractivity contribution in [1.29, 1.82) is 0 Å². The maximum absolute atomic E-state index is 11.2. The van der Waals surface area contributed by atoms with Gasteiger partial charge in [-0.3, -0.25) is 4.79 Å². The molecule has 1 aromatic rings. The largest absolute Gasteiger partial charge is 0.493 e. The van der Waals surface area contributed by atoms with Gasteiger partial charge in [-0.25, -0.2) is 0 Å². The molecule has 20 heavy (non-hydrogen) atoms. The van der Waals surface area contributed by atoms with Crippen molar-refractivity contribution in [3.63, 3.8) is 0 Å². The highest BCUT2D eigenvalue weighted by Crippen LogP contribution is 2.37. The topological polar surface area (TPSA) is 35.5 Å². The maximum Gasteiger partial charge on any atom is 0.172 e. The molecule has 1 aliphatic rings. The first-order valence-electron chi connectivity index (χ1n) is 7.17. The Morgan fingerprint density at radius 1 is 1.30 bits per heavy atom. The zero-order chi connectivity index (χ0) is 14.5. The Hall–Kier alpha value is -1.22. The Labute approximate surface area is 125 Å². The van der Waals surface area contributed by atoms with Crippen LogP contribution in [0.25, 0.3) is 0 Å². The molecule has 0 bridgehead atoms. The van der Waals surface area contributed by atoms with E-state index >= 15 is 0 Å². The van der Waals surface area contributed by atoms with Crippen LogP contribution in [0.15, 0.2) is 12.1 Å². The van der Waals surface area contributed by atoms with Crippen molar-refractivity contribution in [2.24, 2.45) is 5.92 Å². The molecule has 1 aliphatic carbocycles. The van der Waals surface area contributed by atoms with E-state index in [1.54, 1.807) is 19.2 Å².